The SMILES string of the molecule is C(=Cn1ncc2ccc(Oc3ccccc3)cc21)c1ccccc1. The van der Waals surface area contributed by atoms with Gasteiger partial charge in [0.1, 0.15) is 11.5 Å². The van der Waals surface area contributed by atoms with Crippen molar-refractivity contribution < 1.29 is 4.74 Å². The van der Waals surface area contributed by atoms with Crippen molar-refractivity contribution >= 4 is 23.2 Å². The maximum atomic E-state index is 5.91. The van der Waals surface area contributed by atoms with E-state index in [1.165, 1.54) is 0 Å². The number of rotatable bonds is 4. The second kappa shape index (κ2) is 6.42. The average molecular weight is 312 g/mol. The van der Waals surface area contributed by atoms with Crippen molar-refractivity contribution in [3.05, 3.63) is 90.6 Å². The molecular formula is C21H16N2O. The van der Waals surface area contributed by atoms with Crippen LogP contribution in [0.2, 0.25) is 0 Å². The highest BCUT2D eigenvalue weighted by Crippen LogP contribution is 2.25. The molecule has 1 heterocycles. The minimum Gasteiger partial charge on any atom is -0.457 e. The van der Waals surface area contributed by atoms with E-state index in [-0.39, 0.29) is 0 Å². The molecule has 3 heteroatoms. The minimum absolute atomic E-state index is 0.795. The normalized spacial score (nSPS) is 11.2. The van der Waals surface area contributed by atoms with E-state index in [9.17, 15) is 0 Å². The summed E-state index contributed by atoms with van der Waals surface area (Å²) in [5.74, 6) is 1.62. The lowest BCUT2D eigenvalue weighted by Crippen LogP contribution is -1.89. The Morgan fingerprint density at radius 3 is 2.33 bits per heavy atom. The number of nitrogens with zero attached hydrogens (tertiary/aromatic N) is 2. The molecule has 0 radical (unpaired) electrons. The van der Waals surface area contributed by atoms with E-state index in [1.54, 1.807) is 0 Å². The van der Waals surface area contributed by atoms with Crippen LogP contribution in [0.4, 0.5) is 0 Å². The van der Waals surface area contributed by atoms with Gasteiger partial charge in [0.05, 0.1) is 11.7 Å². The number of benzene rings is 3. The van der Waals surface area contributed by atoms with Crippen LogP contribution in [0.5, 0.6) is 11.5 Å². The van der Waals surface area contributed by atoms with Gasteiger partial charge in [0.2, 0.25) is 0 Å². The van der Waals surface area contributed by atoms with Gasteiger partial charge in [0.15, 0.2) is 0 Å². The van der Waals surface area contributed by atoms with E-state index >= 15 is 0 Å². The van der Waals surface area contributed by atoms with Crippen LogP contribution in [-0.2, 0) is 0 Å². The highest BCUT2D eigenvalue weighted by Gasteiger charge is 2.04. The molecule has 0 saturated carbocycles. The predicted octanol–water partition coefficient (Wildman–Crippen LogP) is 5.46. The minimum atomic E-state index is 0.795. The first kappa shape index (κ1) is 14.3. The summed E-state index contributed by atoms with van der Waals surface area (Å²) in [5.41, 5.74) is 2.15. The maximum Gasteiger partial charge on any atom is 0.129 e. The van der Waals surface area contributed by atoms with Gasteiger partial charge in [0, 0.05) is 17.7 Å². The zero-order valence-electron chi connectivity index (χ0n) is 13.0. The van der Waals surface area contributed by atoms with Crippen LogP contribution < -0.4 is 4.74 Å². The third-order valence-electron chi connectivity index (χ3n) is 3.76. The van der Waals surface area contributed by atoms with E-state index < -0.39 is 0 Å². The third-order valence-corrected chi connectivity index (χ3v) is 3.76. The summed E-state index contributed by atoms with van der Waals surface area (Å²) in [5, 5.41) is 5.51. The van der Waals surface area contributed by atoms with Crippen LogP contribution in [0, 0.1) is 0 Å². The van der Waals surface area contributed by atoms with E-state index in [0.29, 0.717) is 0 Å². The van der Waals surface area contributed by atoms with E-state index in [2.05, 4.69) is 17.2 Å². The molecule has 0 aliphatic heterocycles. The summed E-state index contributed by atoms with van der Waals surface area (Å²) >= 11 is 0. The molecule has 24 heavy (non-hydrogen) atoms. The smallest absolute Gasteiger partial charge is 0.129 e. The molecule has 3 nitrogen and oxygen atoms in total. The van der Waals surface area contributed by atoms with Crippen LogP contribution in [0.3, 0.4) is 0 Å². The lowest BCUT2D eigenvalue weighted by atomic mass is 10.2. The Balaban J connectivity index is 1.65. The Hall–Kier alpha value is -3.33. The highest BCUT2D eigenvalue weighted by atomic mass is 16.5. The predicted molar refractivity (Wildman–Crippen MR) is 97.9 cm³/mol. The van der Waals surface area contributed by atoms with Gasteiger partial charge in [-0.25, -0.2) is 4.68 Å². The molecule has 0 spiro atoms. The number of fused-ring (bicyclic) bond motifs is 1. The molecule has 0 saturated heterocycles. The van der Waals surface area contributed by atoms with Crippen molar-refractivity contribution in [2.45, 2.75) is 0 Å². The molecule has 116 valence electrons. The first-order valence-electron chi connectivity index (χ1n) is 7.82. The van der Waals surface area contributed by atoms with Gasteiger partial charge in [-0.1, -0.05) is 48.5 Å². The number of hydrogen-bond acceptors (Lipinski definition) is 2. The summed E-state index contributed by atoms with van der Waals surface area (Å²) < 4.78 is 7.77. The molecular weight excluding hydrogens is 296 g/mol. The van der Waals surface area contributed by atoms with Gasteiger partial charge in [-0.15, -0.1) is 0 Å². The standard InChI is InChI=1S/C21H16N2O/c1-3-7-17(8-4-1)13-14-23-21-15-20(12-11-18(21)16-22-23)24-19-9-5-2-6-10-19/h1-16H. The summed E-state index contributed by atoms with van der Waals surface area (Å²) in [6.07, 6.45) is 5.86. The van der Waals surface area contributed by atoms with Crippen LogP contribution in [0.15, 0.2) is 85.1 Å². The first-order chi connectivity index (χ1) is 11.9. The van der Waals surface area contributed by atoms with Gasteiger partial charge in [0.25, 0.3) is 0 Å². The monoisotopic (exact) mass is 312 g/mol. The van der Waals surface area contributed by atoms with Crippen molar-refractivity contribution in [1.29, 1.82) is 0 Å². The molecule has 3 aromatic carbocycles. The zero-order valence-corrected chi connectivity index (χ0v) is 13.0. The lowest BCUT2D eigenvalue weighted by molar-refractivity contribution is 0.483. The lowest BCUT2D eigenvalue weighted by Gasteiger charge is -2.05. The number of para-hydroxylation sites is 1. The molecule has 0 aliphatic carbocycles. The molecule has 0 aliphatic rings. The van der Waals surface area contributed by atoms with E-state index in [1.807, 2.05) is 89.9 Å². The summed E-state index contributed by atoms with van der Waals surface area (Å²) in [7, 11) is 0. The van der Waals surface area contributed by atoms with Crippen molar-refractivity contribution in [1.82, 2.24) is 9.78 Å². The second-order valence-corrected chi connectivity index (χ2v) is 5.45. The van der Waals surface area contributed by atoms with Gasteiger partial charge >= 0.3 is 0 Å². The van der Waals surface area contributed by atoms with Crippen LogP contribution in [0.25, 0.3) is 23.2 Å². The Labute approximate surface area is 140 Å². The van der Waals surface area contributed by atoms with Gasteiger partial charge in [-0.3, -0.25) is 0 Å². The summed E-state index contributed by atoms with van der Waals surface area (Å²) in [6, 6.07) is 25.9. The molecule has 4 rings (SSSR count). The molecule has 0 unspecified atom stereocenters. The molecule has 1 aromatic heterocycles. The third kappa shape index (κ3) is 3.06. The largest absolute Gasteiger partial charge is 0.457 e. The van der Waals surface area contributed by atoms with Gasteiger partial charge < -0.3 is 4.74 Å². The van der Waals surface area contributed by atoms with Crippen LogP contribution >= 0.6 is 0 Å². The first-order valence-corrected chi connectivity index (χ1v) is 7.82. The quantitative estimate of drug-likeness (QED) is 0.500. The fraction of sp³-hybridized carbons (Fsp3) is 0. The summed E-state index contributed by atoms with van der Waals surface area (Å²) in [4.78, 5) is 0. The Kier molecular flexibility index (Phi) is 3.82. The van der Waals surface area contributed by atoms with Crippen molar-refractivity contribution in [2.75, 3.05) is 0 Å². The number of ether oxygens (including phenoxy) is 1. The molecule has 4 aromatic rings. The Morgan fingerprint density at radius 1 is 0.792 bits per heavy atom. The topological polar surface area (TPSA) is 27.1 Å². The summed E-state index contributed by atoms with van der Waals surface area (Å²) in [6.45, 7) is 0. The fourth-order valence-corrected chi connectivity index (χ4v) is 2.55. The van der Waals surface area contributed by atoms with E-state index in [0.717, 1.165) is 28.0 Å². The molecule has 0 amide bonds. The van der Waals surface area contributed by atoms with Gasteiger partial charge in [-0.05, 0) is 35.9 Å². The molecule has 0 atom stereocenters. The average Bonchev–Trinajstić information content (AvgIpc) is 3.04. The van der Waals surface area contributed by atoms with Crippen molar-refractivity contribution in [3.63, 3.8) is 0 Å². The van der Waals surface area contributed by atoms with Crippen LogP contribution in [-0.4, -0.2) is 9.78 Å². The zero-order chi connectivity index (χ0) is 16.2. The van der Waals surface area contributed by atoms with Crippen molar-refractivity contribution in [2.24, 2.45) is 0 Å². The second-order valence-electron chi connectivity index (χ2n) is 5.45. The molecule has 0 N–H and O–H groups in total. The fourth-order valence-electron chi connectivity index (χ4n) is 2.55. The number of hydrogen-bond donors (Lipinski definition) is 0. The van der Waals surface area contributed by atoms with Gasteiger partial charge in [-0.2, -0.15) is 5.10 Å². The highest BCUT2D eigenvalue weighted by molar-refractivity contribution is 5.83. The van der Waals surface area contributed by atoms with Crippen molar-refractivity contribution in [3.8, 4) is 11.5 Å². The number of aromatic nitrogens is 2. The van der Waals surface area contributed by atoms with Crippen LogP contribution in [0.1, 0.15) is 5.56 Å². The van der Waals surface area contributed by atoms with E-state index in [4.69, 9.17) is 4.74 Å². The Bertz CT molecular complexity index is 973. The maximum absolute atomic E-state index is 5.91. The molecule has 0 bridgehead atoms. The Morgan fingerprint density at radius 2 is 1.54 bits per heavy atom. The molecule has 0 fully saturated rings.